The van der Waals surface area contributed by atoms with Gasteiger partial charge in [0.1, 0.15) is 0 Å². The van der Waals surface area contributed by atoms with Gasteiger partial charge in [-0.1, -0.05) is 0 Å². The zero-order valence-corrected chi connectivity index (χ0v) is 13.0. The highest BCUT2D eigenvalue weighted by atomic mass is 32.1. The Morgan fingerprint density at radius 2 is 2.05 bits per heavy atom. The summed E-state index contributed by atoms with van der Waals surface area (Å²) < 4.78 is 10.6. The van der Waals surface area contributed by atoms with E-state index in [1.165, 1.54) is 11.3 Å². The number of aryl methyl sites for hydroxylation is 1. The number of nitrogens with one attached hydrogen (secondary N) is 1. The van der Waals surface area contributed by atoms with Crippen molar-refractivity contribution in [1.82, 2.24) is 4.98 Å². The van der Waals surface area contributed by atoms with Gasteiger partial charge >= 0.3 is 5.97 Å². The van der Waals surface area contributed by atoms with E-state index in [9.17, 15) is 4.79 Å². The van der Waals surface area contributed by atoms with Crippen molar-refractivity contribution in [1.29, 1.82) is 0 Å². The molecule has 19 heavy (non-hydrogen) atoms. The van der Waals surface area contributed by atoms with E-state index in [0.717, 1.165) is 4.88 Å². The van der Waals surface area contributed by atoms with Gasteiger partial charge in [-0.2, -0.15) is 0 Å². The highest BCUT2D eigenvalue weighted by Crippen LogP contribution is 2.23. The maximum Gasteiger partial charge on any atom is 0.358 e. The second-order valence-corrected chi connectivity index (χ2v) is 5.89. The van der Waals surface area contributed by atoms with Gasteiger partial charge in [0.15, 0.2) is 10.8 Å². The molecule has 6 heteroatoms. The smallest absolute Gasteiger partial charge is 0.358 e. The fourth-order valence-electron chi connectivity index (χ4n) is 1.59. The predicted molar refractivity (Wildman–Crippen MR) is 77.0 cm³/mol. The molecule has 0 radical (unpaired) electrons. The van der Waals surface area contributed by atoms with Crippen LogP contribution in [0, 0.1) is 6.92 Å². The van der Waals surface area contributed by atoms with Gasteiger partial charge in [-0.05, 0) is 34.6 Å². The minimum atomic E-state index is -0.367. The zero-order valence-electron chi connectivity index (χ0n) is 12.2. The summed E-state index contributed by atoms with van der Waals surface area (Å²) in [6.45, 7) is 11.3. The highest BCUT2D eigenvalue weighted by molar-refractivity contribution is 7.15. The Balaban J connectivity index is 2.66. The molecular weight excluding hydrogens is 264 g/mol. The summed E-state index contributed by atoms with van der Waals surface area (Å²) in [5, 5.41) is 3.92. The molecule has 0 aliphatic heterocycles. The van der Waals surface area contributed by atoms with Crippen molar-refractivity contribution in [3.8, 4) is 0 Å². The van der Waals surface area contributed by atoms with Crippen LogP contribution < -0.4 is 5.32 Å². The lowest BCUT2D eigenvalue weighted by atomic mass is 10.1. The number of esters is 1. The van der Waals surface area contributed by atoms with Gasteiger partial charge in [-0.25, -0.2) is 9.78 Å². The molecule has 1 aromatic heterocycles. The van der Waals surface area contributed by atoms with Crippen LogP contribution in [0.15, 0.2) is 0 Å². The van der Waals surface area contributed by atoms with Gasteiger partial charge in [0, 0.05) is 18.0 Å². The quantitative estimate of drug-likeness (QED) is 0.781. The van der Waals surface area contributed by atoms with Crippen molar-refractivity contribution < 1.29 is 14.3 Å². The third-order valence-corrected chi connectivity index (χ3v) is 3.39. The third-order valence-electron chi connectivity index (χ3n) is 2.47. The summed E-state index contributed by atoms with van der Waals surface area (Å²) in [5.41, 5.74) is 0.127. The van der Waals surface area contributed by atoms with Crippen LogP contribution in [0.1, 0.15) is 43.1 Å². The molecule has 0 saturated heterocycles. The number of aromatic nitrogens is 1. The Morgan fingerprint density at radius 1 is 1.37 bits per heavy atom. The Labute approximate surface area is 118 Å². The van der Waals surface area contributed by atoms with Gasteiger partial charge in [-0.15, -0.1) is 11.3 Å². The first-order valence-corrected chi connectivity index (χ1v) is 7.23. The molecule has 1 rings (SSSR count). The monoisotopic (exact) mass is 286 g/mol. The summed E-state index contributed by atoms with van der Waals surface area (Å²) in [6, 6.07) is 0. The summed E-state index contributed by atoms with van der Waals surface area (Å²) in [4.78, 5) is 16.8. The lowest BCUT2D eigenvalue weighted by Crippen LogP contribution is -2.33. The second kappa shape index (κ2) is 6.86. The molecule has 108 valence electrons. The van der Waals surface area contributed by atoms with E-state index in [1.807, 2.05) is 27.7 Å². The van der Waals surface area contributed by atoms with E-state index >= 15 is 0 Å². The molecule has 0 unspecified atom stereocenters. The zero-order chi connectivity index (χ0) is 14.5. The lowest BCUT2D eigenvalue weighted by Gasteiger charge is -2.24. The number of anilines is 1. The fraction of sp³-hybridized carbons (Fsp3) is 0.692. The Kier molecular flexibility index (Phi) is 5.75. The van der Waals surface area contributed by atoms with Crippen LogP contribution >= 0.6 is 11.3 Å². The van der Waals surface area contributed by atoms with Crippen molar-refractivity contribution in [2.75, 3.05) is 25.1 Å². The van der Waals surface area contributed by atoms with Crippen LogP contribution in [0.25, 0.3) is 0 Å². The molecule has 1 heterocycles. The minimum Gasteiger partial charge on any atom is -0.461 e. The van der Waals surface area contributed by atoms with Crippen molar-refractivity contribution in [3.05, 3.63) is 10.6 Å². The minimum absolute atomic E-state index is 0.265. The molecule has 1 N–H and O–H groups in total. The maximum absolute atomic E-state index is 11.7. The van der Waals surface area contributed by atoms with Crippen LogP contribution in [0.4, 0.5) is 5.13 Å². The number of ether oxygens (including phenoxy) is 2. The number of nitrogens with zero attached hydrogens (tertiary/aromatic N) is 1. The van der Waals surface area contributed by atoms with Gasteiger partial charge in [-0.3, -0.25) is 0 Å². The molecule has 0 saturated carbocycles. The maximum atomic E-state index is 11.7. The van der Waals surface area contributed by atoms with E-state index < -0.39 is 0 Å². The lowest BCUT2D eigenvalue weighted by molar-refractivity contribution is 0.000695. The molecule has 0 bridgehead atoms. The van der Waals surface area contributed by atoms with Crippen LogP contribution in [0.2, 0.25) is 0 Å². The number of rotatable bonds is 7. The summed E-state index contributed by atoms with van der Waals surface area (Å²) in [6.07, 6.45) is 0. The van der Waals surface area contributed by atoms with Crippen molar-refractivity contribution in [2.24, 2.45) is 0 Å². The third kappa shape index (κ3) is 4.80. The molecule has 0 aromatic carbocycles. The number of carbonyl (C=O) groups is 1. The number of hydrogen-bond donors (Lipinski definition) is 1. The van der Waals surface area contributed by atoms with Crippen LogP contribution in [-0.2, 0) is 9.47 Å². The van der Waals surface area contributed by atoms with Crippen molar-refractivity contribution in [3.63, 3.8) is 0 Å². The van der Waals surface area contributed by atoms with Gasteiger partial charge in [0.05, 0.1) is 12.2 Å². The molecule has 0 aliphatic carbocycles. The Morgan fingerprint density at radius 3 is 2.63 bits per heavy atom. The normalized spacial score (nSPS) is 11.4. The van der Waals surface area contributed by atoms with Gasteiger partial charge in [0.25, 0.3) is 0 Å². The molecule has 0 amide bonds. The van der Waals surface area contributed by atoms with Crippen LogP contribution in [0.5, 0.6) is 0 Å². The number of hydrogen-bond acceptors (Lipinski definition) is 6. The van der Waals surface area contributed by atoms with Crippen LogP contribution in [-0.4, -0.2) is 36.3 Å². The van der Waals surface area contributed by atoms with E-state index in [1.54, 1.807) is 6.92 Å². The molecule has 0 aliphatic rings. The van der Waals surface area contributed by atoms with Crippen molar-refractivity contribution in [2.45, 2.75) is 40.2 Å². The molecule has 0 atom stereocenters. The first-order valence-electron chi connectivity index (χ1n) is 6.42. The average molecular weight is 286 g/mol. The van der Waals surface area contributed by atoms with Crippen molar-refractivity contribution >= 4 is 22.4 Å². The second-order valence-electron chi connectivity index (χ2n) is 4.69. The SMILES string of the molecule is CCOC(=O)c1nc(NCC(C)(C)OCC)sc1C. The van der Waals surface area contributed by atoms with Crippen LogP contribution in [0.3, 0.4) is 0 Å². The summed E-state index contributed by atoms with van der Waals surface area (Å²) in [7, 11) is 0. The Hall–Kier alpha value is -1.14. The largest absolute Gasteiger partial charge is 0.461 e. The van der Waals surface area contributed by atoms with E-state index in [0.29, 0.717) is 30.6 Å². The average Bonchev–Trinajstić information content (AvgIpc) is 2.69. The van der Waals surface area contributed by atoms with E-state index in [2.05, 4.69) is 10.3 Å². The Bertz CT molecular complexity index is 430. The van der Waals surface area contributed by atoms with E-state index in [4.69, 9.17) is 9.47 Å². The highest BCUT2D eigenvalue weighted by Gasteiger charge is 2.20. The standard InChI is InChI=1S/C13H22N2O3S/c1-6-17-11(16)10-9(3)19-12(15-10)14-8-13(4,5)18-7-2/h6-8H2,1-5H3,(H,14,15). The topological polar surface area (TPSA) is 60.5 Å². The molecule has 5 nitrogen and oxygen atoms in total. The first-order chi connectivity index (χ1) is 8.89. The van der Waals surface area contributed by atoms with E-state index in [-0.39, 0.29) is 11.6 Å². The molecule has 0 spiro atoms. The summed E-state index contributed by atoms with van der Waals surface area (Å²) in [5.74, 6) is -0.367. The molecule has 1 aromatic rings. The van der Waals surface area contributed by atoms with Gasteiger partial charge < -0.3 is 14.8 Å². The molecular formula is C13H22N2O3S. The first kappa shape index (κ1) is 15.9. The van der Waals surface area contributed by atoms with Gasteiger partial charge in [0.2, 0.25) is 0 Å². The predicted octanol–water partition coefficient (Wildman–Crippen LogP) is 2.86. The number of thiazole rings is 1. The fourth-order valence-corrected chi connectivity index (χ4v) is 2.39. The summed E-state index contributed by atoms with van der Waals surface area (Å²) >= 11 is 1.45. The molecule has 0 fully saturated rings. The number of carbonyl (C=O) groups excluding carboxylic acids is 1.